The number of thiophene rings is 1. The van der Waals surface area contributed by atoms with Crippen LogP contribution in [0.4, 0.5) is 5.82 Å². The van der Waals surface area contributed by atoms with E-state index in [4.69, 9.17) is 9.97 Å². The fourth-order valence-electron chi connectivity index (χ4n) is 2.34. The van der Waals surface area contributed by atoms with E-state index in [1.807, 2.05) is 23.1 Å². The van der Waals surface area contributed by atoms with Gasteiger partial charge in [0.05, 0.1) is 5.69 Å². The van der Waals surface area contributed by atoms with E-state index in [1.165, 1.54) is 26.6 Å². The Morgan fingerprint density at radius 3 is 2.79 bits per heavy atom. The van der Waals surface area contributed by atoms with E-state index < -0.39 is 0 Å². The molecule has 1 aliphatic rings. The third-order valence-corrected chi connectivity index (χ3v) is 5.14. The summed E-state index contributed by atoms with van der Waals surface area (Å²) in [5, 5.41) is 3.38. The summed E-state index contributed by atoms with van der Waals surface area (Å²) in [5.74, 6) is 3.93. The van der Waals surface area contributed by atoms with Crippen molar-refractivity contribution in [2.24, 2.45) is 0 Å². The first-order chi connectivity index (χ1) is 9.19. The molecule has 0 radical (unpaired) electrons. The molecule has 3 rings (SSSR count). The van der Waals surface area contributed by atoms with Gasteiger partial charge in [-0.05, 0) is 26.8 Å². The molecular weight excluding hydrogens is 274 g/mol. The molecule has 2 aromatic heterocycles. The molecule has 1 aliphatic heterocycles. The third kappa shape index (κ3) is 2.37. The van der Waals surface area contributed by atoms with Gasteiger partial charge in [0.1, 0.15) is 5.82 Å². The molecule has 2 aromatic rings. The van der Waals surface area contributed by atoms with Gasteiger partial charge in [-0.1, -0.05) is 0 Å². The van der Waals surface area contributed by atoms with Gasteiger partial charge >= 0.3 is 0 Å². The van der Waals surface area contributed by atoms with Crippen molar-refractivity contribution in [1.29, 1.82) is 0 Å². The van der Waals surface area contributed by atoms with E-state index in [2.05, 4.69) is 32.2 Å². The maximum Gasteiger partial charge on any atom is 0.162 e. The van der Waals surface area contributed by atoms with Crippen LogP contribution in [0.25, 0.3) is 11.4 Å². The summed E-state index contributed by atoms with van der Waals surface area (Å²) in [6.45, 7) is 7.28. The van der Waals surface area contributed by atoms with Gasteiger partial charge in [0.15, 0.2) is 5.82 Å². The van der Waals surface area contributed by atoms with Crippen molar-refractivity contribution in [3.05, 3.63) is 27.1 Å². The normalized spacial score (nSPS) is 13.6. The van der Waals surface area contributed by atoms with E-state index in [-0.39, 0.29) is 0 Å². The Morgan fingerprint density at radius 2 is 2.11 bits per heavy atom. The Kier molecular flexibility index (Phi) is 3.50. The summed E-state index contributed by atoms with van der Waals surface area (Å²) >= 11 is 3.73. The van der Waals surface area contributed by atoms with Crippen LogP contribution >= 0.6 is 23.1 Å². The van der Waals surface area contributed by atoms with Crippen molar-refractivity contribution in [3.8, 4) is 11.4 Å². The smallest absolute Gasteiger partial charge is 0.162 e. The molecule has 0 fully saturated rings. The van der Waals surface area contributed by atoms with Crippen LogP contribution in [-0.4, -0.2) is 16.5 Å². The second kappa shape index (κ2) is 5.13. The molecule has 0 saturated heterocycles. The standard InChI is InChI=1S/C14H17N3S2/c1-4-15-13-11-6-18-7-12(11)16-14(17-13)10-5-8(2)19-9(10)3/h5H,4,6-7H2,1-3H3,(H,15,16,17). The van der Waals surface area contributed by atoms with Crippen molar-refractivity contribution >= 4 is 28.9 Å². The summed E-state index contributed by atoms with van der Waals surface area (Å²) in [4.78, 5) is 12.1. The predicted octanol–water partition coefficient (Wildman–Crippen LogP) is 4.00. The number of nitrogens with zero attached hydrogens (tertiary/aromatic N) is 2. The zero-order valence-corrected chi connectivity index (χ0v) is 13.0. The molecule has 0 aliphatic carbocycles. The highest BCUT2D eigenvalue weighted by Crippen LogP contribution is 2.36. The monoisotopic (exact) mass is 291 g/mol. The van der Waals surface area contributed by atoms with Gasteiger partial charge in [-0.3, -0.25) is 0 Å². The van der Waals surface area contributed by atoms with Crippen molar-refractivity contribution in [2.45, 2.75) is 32.3 Å². The van der Waals surface area contributed by atoms with Crippen LogP contribution in [0.15, 0.2) is 6.07 Å². The molecule has 0 atom stereocenters. The first-order valence-electron chi connectivity index (χ1n) is 6.48. The van der Waals surface area contributed by atoms with Crippen LogP contribution in [0.2, 0.25) is 0 Å². The molecular formula is C14H17N3S2. The van der Waals surface area contributed by atoms with Crippen molar-refractivity contribution in [3.63, 3.8) is 0 Å². The second-order valence-electron chi connectivity index (χ2n) is 4.67. The highest BCUT2D eigenvalue weighted by molar-refractivity contribution is 7.98. The number of anilines is 1. The van der Waals surface area contributed by atoms with Gasteiger partial charge in [0.2, 0.25) is 0 Å². The lowest BCUT2D eigenvalue weighted by atomic mass is 10.2. The van der Waals surface area contributed by atoms with Gasteiger partial charge in [-0.15, -0.1) is 11.3 Å². The van der Waals surface area contributed by atoms with Crippen LogP contribution in [0.1, 0.15) is 27.9 Å². The number of fused-ring (bicyclic) bond motifs is 1. The van der Waals surface area contributed by atoms with Crippen LogP contribution in [-0.2, 0) is 11.5 Å². The topological polar surface area (TPSA) is 37.8 Å². The van der Waals surface area contributed by atoms with Gasteiger partial charge in [-0.25, -0.2) is 9.97 Å². The van der Waals surface area contributed by atoms with Crippen LogP contribution in [0, 0.1) is 13.8 Å². The highest BCUT2D eigenvalue weighted by atomic mass is 32.2. The Morgan fingerprint density at radius 1 is 1.26 bits per heavy atom. The Labute approximate surface area is 121 Å². The molecule has 3 heterocycles. The molecule has 0 spiro atoms. The maximum atomic E-state index is 4.78. The average molecular weight is 291 g/mol. The first-order valence-corrected chi connectivity index (χ1v) is 8.45. The van der Waals surface area contributed by atoms with Gasteiger partial charge in [-0.2, -0.15) is 11.8 Å². The Bertz CT molecular complexity index is 619. The number of aromatic nitrogens is 2. The Hall–Kier alpha value is -1.07. The molecule has 0 bridgehead atoms. The molecule has 100 valence electrons. The fraction of sp³-hybridized carbons (Fsp3) is 0.429. The molecule has 1 N–H and O–H groups in total. The van der Waals surface area contributed by atoms with E-state index in [0.717, 1.165) is 29.7 Å². The number of aryl methyl sites for hydroxylation is 2. The minimum atomic E-state index is 0.874. The van der Waals surface area contributed by atoms with Crippen molar-refractivity contribution in [2.75, 3.05) is 11.9 Å². The second-order valence-corrected chi connectivity index (χ2v) is 7.12. The third-order valence-electron chi connectivity index (χ3n) is 3.20. The molecule has 0 amide bonds. The zero-order chi connectivity index (χ0) is 13.4. The number of hydrogen-bond acceptors (Lipinski definition) is 5. The average Bonchev–Trinajstić information content (AvgIpc) is 2.95. The zero-order valence-electron chi connectivity index (χ0n) is 11.4. The Balaban J connectivity index is 2.12. The summed E-state index contributed by atoms with van der Waals surface area (Å²) in [6, 6.07) is 2.19. The molecule has 0 unspecified atom stereocenters. The van der Waals surface area contributed by atoms with E-state index in [0.29, 0.717) is 0 Å². The predicted molar refractivity (Wildman–Crippen MR) is 84.0 cm³/mol. The fourth-order valence-corrected chi connectivity index (χ4v) is 4.30. The largest absolute Gasteiger partial charge is 0.370 e. The molecule has 3 nitrogen and oxygen atoms in total. The van der Waals surface area contributed by atoms with Gasteiger partial charge in [0, 0.05) is 38.9 Å². The lowest BCUT2D eigenvalue weighted by Crippen LogP contribution is -2.06. The minimum Gasteiger partial charge on any atom is -0.370 e. The molecule has 0 aromatic carbocycles. The van der Waals surface area contributed by atoms with Gasteiger partial charge < -0.3 is 5.32 Å². The molecule has 19 heavy (non-hydrogen) atoms. The number of nitrogens with one attached hydrogen (secondary N) is 1. The minimum absolute atomic E-state index is 0.874. The van der Waals surface area contributed by atoms with E-state index in [9.17, 15) is 0 Å². The lowest BCUT2D eigenvalue weighted by Gasteiger charge is -2.10. The van der Waals surface area contributed by atoms with E-state index in [1.54, 1.807) is 0 Å². The lowest BCUT2D eigenvalue weighted by molar-refractivity contribution is 1.05. The van der Waals surface area contributed by atoms with Crippen LogP contribution in [0.3, 0.4) is 0 Å². The van der Waals surface area contributed by atoms with E-state index >= 15 is 0 Å². The van der Waals surface area contributed by atoms with Crippen LogP contribution in [0.5, 0.6) is 0 Å². The van der Waals surface area contributed by atoms with Crippen LogP contribution < -0.4 is 5.32 Å². The highest BCUT2D eigenvalue weighted by Gasteiger charge is 2.21. The van der Waals surface area contributed by atoms with Crippen molar-refractivity contribution < 1.29 is 0 Å². The number of thioether (sulfide) groups is 1. The SMILES string of the molecule is CCNc1nc(-c2cc(C)sc2C)nc2c1CSC2. The number of hydrogen-bond donors (Lipinski definition) is 1. The number of rotatable bonds is 3. The quantitative estimate of drug-likeness (QED) is 0.927. The van der Waals surface area contributed by atoms with Crippen molar-refractivity contribution in [1.82, 2.24) is 9.97 Å². The summed E-state index contributed by atoms with van der Waals surface area (Å²) in [6.07, 6.45) is 0. The summed E-state index contributed by atoms with van der Waals surface area (Å²) in [7, 11) is 0. The van der Waals surface area contributed by atoms with Gasteiger partial charge in [0.25, 0.3) is 0 Å². The summed E-state index contributed by atoms with van der Waals surface area (Å²) < 4.78 is 0. The molecule has 0 saturated carbocycles. The molecule has 5 heteroatoms. The first kappa shape index (κ1) is 12.9. The summed E-state index contributed by atoms with van der Waals surface area (Å²) in [5.41, 5.74) is 3.68. The maximum absolute atomic E-state index is 4.78.